The van der Waals surface area contributed by atoms with Crippen LogP contribution in [0.4, 0.5) is 0 Å². The maximum Gasteiger partial charge on any atom is -0.147 e. The predicted molar refractivity (Wildman–Crippen MR) is 107 cm³/mol. The Labute approximate surface area is 171 Å². The van der Waals surface area contributed by atoms with Gasteiger partial charge in [0, 0.05) is 0 Å². The summed E-state index contributed by atoms with van der Waals surface area (Å²) in [6.07, 6.45) is 14.1. The van der Waals surface area contributed by atoms with Gasteiger partial charge in [0.25, 0.3) is 0 Å². The molecule has 1 unspecified atom stereocenters. The van der Waals surface area contributed by atoms with Crippen molar-refractivity contribution in [2.45, 2.75) is 35.6 Å². The first kappa shape index (κ1) is 22.1. The van der Waals surface area contributed by atoms with Gasteiger partial charge < -0.3 is 0 Å². The summed E-state index contributed by atoms with van der Waals surface area (Å²) in [5.41, 5.74) is 2.97. The first-order valence-electron chi connectivity index (χ1n) is 8.05. The average Bonchev–Trinajstić information content (AvgIpc) is 3.08. The zero-order valence-corrected chi connectivity index (χ0v) is 19.6. The fourth-order valence-electron chi connectivity index (χ4n) is 3.10. The van der Waals surface area contributed by atoms with Gasteiger partial charge in [-0.05, 0) is 0 Å². The monoisotopic (exact) mass is 458 g/mol. The molecule has 1 atom stereocenters. The van der Waals surface area contributed by atoms with Crippen LogP contribution in [0.15, 0.2) is 51.9 Å². The molecule has 2 aliphatic carbocycles. The molecule has 0 fully saturated rings. The largest absolute Gasteiger partial charge is 0.147 e. The van der Waals surface area contributed by atoms with Gasteiger partial charge in [-0.3, -0.25) is 0 Å². The molecule has 0 bridgehead atoms. The van der Waals surface area contributed by atoms with E-state index in [2.05, 4.69) is 74.3 Å². The number of allylic oxidation sites excluding steroid dienone is 5. The minimum absolute atomic E-state index is 0. The van der Waals surface area contributed by atoms with Crippen molar-refractivity contribution in [1.29, 1.82) is 0 Å². The minimum Gasteiger partial charge on any atom is -0.147 e. The Morgan fingerprint density at radius 2 is 1.92 bits per heavy atom. The summed E-state index contributed by atoms with van der Waals surface area (Å²) >= 11 is -0.700. The van der Waals surface area contributed by atoms with Gasteiger partial charge >= 0.3 is 147 Å². The van der Waals surface area contributed by atoms with E-state index in [0.717, 1.165) is 13.0 Å². The van der Waals surface area contributed by atoms with E-state index >= 15 is 0 Å². The smallest absolute Gasteiger partial charge is 0.147 e. The van der Waals surface area contributed by atoms with Crippen LogP contribution in [-0.2, 0) is 30.8 Å². The van der Waals surface area contributed by atoms with Crippen LogP contribution in [0.25, 0.3) is 6.08 Å². The van der Waals surface area contributed by atoms with E-state index in [1.165, 1.54) is 12.0 Å². The Morgan fingerprint density at radius 1 is 1.17 bits per heavy atom. The van der Waals surface area contributed by atoms with Gasteiger partial charge in [0.05, 0.1) is 0 Å². The number of halogens is 2. The van der Waals surface area contributed by atoms with Crippen LogP contribution in [0, 0.1) is 0 Å². The van der Waals surface area contributed by atoms with Crippen LogP contribution >= 0.6 is 24.8 Å². The molecule has 0 radical (unpaired) electrons. The third kappa shape index (κ3) is 5.29. The third-order valence-electron chi connectivity index (χ3n) is 4.18. The molecule has 130 valence electrons. The first-order chi connectivity index (χ1) is 10.5. The zero-order chi connectivity index (χ0) is 15.6. The number of benzene rings is 1. The number of fused-ring (bicyclic) bond motifs is 1. The number of hydrogen-bond donors (Lipinski definition) is 0. The van der Waals surface area contributed by atoms with Crippen LogP contribution in [-0.4, -0.2) is 14.9 Å². The van der Waals surface area contributed by atoms with Crippen molar-refractivity contribution < 1.29 is 27.7 Å². The van der Waals surface area contributed by atoms with E-state index in [9.17, 15) is 0 Å². The Balaban J connectivity index is 0.00000144. The molecule has 1 nitrogen and oxygen atoms in total. The SMILES string of the molecule is C[Si](C)(C)OCC[C]1([Zr][C]2=CC=CC2)C=Cc2ccccc21.Cl.Cl. The fraction of sp³-hybridized carbons (Fsp3) is 0.368. The molecule has 0 saturated heterocycles. The molecule has 2 aliphatic rings. The molecule has 0 amide bonds. The van der Waals surface area contributed by atoms with Crippen LogP contribution in [0.3, 0.4) is 0 Å². The average molecular weight is 461 g/mol. The van der Waals surface area contributed by atoms with E-state index in [0.29, 0.717) is 0 Å². The first-order valence-corrected chi connectivity index (χ1v) is 13.9. The van der Waals surface area contributed by atoms with Crippen LogP contribution in [0.2, 0.25) is 19.6 Å². The van der Waals surface area contributed by atoms with Gasteiger partial charge in [0.2, 0.25) is 0 Å². The van der Waals surface area contributed by atoms with Crippen molar-refractivity contribution in [2.24, 2.45) is 0 Å². The Kier molecular flexibility index (Phi) is 8.43. The van der Waals surface area contributed by atoms with Gasteiger partial charge in [-0.25, -0.2) is 0 Å². The van der Waals surface area contributed by atoms with Crippen molar-refractivity contribution in [1.82, 2.24) is 0 Å². The second kappa shape index (κ2) is 9.14. The van der Waals surface area contributed by atoms with Gasteiger partial charge in [0.15, 0.2) is 0 Å². The molecule has 5 heteroatoms. The topological polar surface area (TPSA) is 9.23 Å². The summed E-state index contributed by atoms with van der Waals surface area (Å²) in [6.45, 7) is 7.74. The third-order valence-corrected chi connectivity index (χ3v) is 9.73. The van der Waals surface area contributed by atoms with E-state index < -0.39 is 31.6 Å². The maximum atomic E-state index is 6.19. The molecule has 0 aliphatic heterocycles. The Bertz CT molecular complexity index is 649. The molecule has 0 N–H and O–H groups in total. The van der Waals surface area contributed by atoms with Crippen LogP contribution < -0.4 is 0 Å². The van der Waals surface area contributed by atoms with Crippen molar-refractivity contribution in [3.05, 3.63) is 63.0 Å². The summed E-state index contributed by atoms with van der Waals surface area (Å²) in [4.78, 5) is 0. The molecule has 0 heterocycles. The second-order valence-corrected chi connectivity index (χ2v) is 16.0. The van der Waals surface area contributed by atoms with E-state index in [4.69, 9.17) is 4.43 Å². The molecule has 0 aromatic heterocycles. The van der Waals surface area contributed by atoms with Crippen molar-refractivity contribution in [3.8, 4) is 0 Å². The summed E-state index contributed by atoms with van der Waals surface area (Å²) < 4.78 is 8.19. The van der Waals surface area contributed by atoms with Crippen LogP contribution in [0.5, 0.6) is 0 Å². The second-order valence-electron chi connectivity index (χ2n) is 7.05. The summed E-state index contributed by atoms with van der Waals surface area (Å²) in [5, 5.41) is 0. The van der Waals surface area contributed by atoms with E-state index in [1.807, 2.05) is 0 Å². The van der Waals surface area contributed by atoms with Gasteiger partial charge in [-0.2, -0.15) is 0 Å². The molecular formula is C19H26Cl2OSiZr. The predicted octanol–water partition coefficient (Wildman–Crippen LogP) is 5.92. The van der Waals surface area contributed by atoms with E-state index in [-0.39, 0.29) is 27.9 Å². The number of rotatable bonds is 6. The Hall–Kier alpha value is 0.0800. The van der Waals surface area contributed by atoms with Gasteiger partial charge in [0.1, 0.15) is 0 Å². The summed E-state index contributed by atoms with van der Waals surface area (Å²) in [5.74, 6) is 0. The normalized spacial score (nSPS) is 20.9. The zero-order valence-electron chi connectivity index (χ0n) is 14.5. The van der Waals surface area contributed by atoms with Gasteiger partial charge in [-0.1, -0.05) is 0 Å². The molecule has 0 spiro atoms. The Morgan fingerprint density at radius 3 is 2.58 bits per heavy atom. The van der Waals surface area contributed by atoms with Crippen molar-refractivity contribution in [3.63, 3.8) is 0 Å². The van der Waals surface area contributed by atoms with Crippen molar-refractivity contribution >= 4 is 39.2 Å². The molecule has 3 rings (SSSR count). The van der Waals surface area contributed by atoms with Crippen molar-refractivity contribution in [2.75, 3.05) is 6.61 Å². The van der Waals surface area contributed by atoms with E-state index in [1.54, 1.807) is 8.84 Å². The molecular weight excluding hydrogens is 434 g/mol. The van der Waals surface area contributed by atoms with Crippen LogP contribution in [0.1, 0.15) is 24.0 Å². The summed E-state index contributed by atoms with van der Waals surface area (Å²) in [7, 11) is -1.43. The molecule has 0 saturated carbocycles. The fourth-order valence-corrected chi connectivity index (χ4v) is 8.07. The standard InChI is InChI=1S/C14H19OSi.C5H5.2ClH.Zr/c1-16(2,3)15-11-10-13-9-8-12-6-4-5-7-14(12)13;1-2-4-5-3-1;;;/h4-9H,10-11H2,1-3H3;1-3H,4H2;2*1H;. The minimum atomic E-state index is -1.43. The number of hydrogen-bond acceptors (Lipinski definition) is 1. The molecule has 1 aromatic carbocycles. The molecule has 24 heavy (non-hydrogen) atoms. The maximum absolute atomic E-state index is 6.19. The van der Waals surface area contributed by atoms with Gasteiger partial charge in [-0.15, -0.1) is 24.8 Å². The molecule has 1 aromatic rings. The summed E-state index contributed by atoms with van der Waals surface area (Å²) in [6, 6.07) is 8.95. The quantitative estimate of drug-likeness (QED) is 0.479.